The van der Waals surface area contributed by atoms with Crippen LogP contribution < -0.4 is 10.1 Å². The largest absolute Gasteiger partial charge is 0.425 e. The molecule has 156 valence electrons. The van der Waals surface area contributed by atoms with Crippen molar-refractivity contribution in [3.8, 4) is 5.75 Å². The van der Waals surface area contributed by atoms with Gasteiger partial charge in [-0.25, -0.2) is 0 Å². The van der Waals surface area contributed by atoms with Gasteiger partial charge in [0, 0.05) is 15.7 Å². The fourth-order valence-electron chi connectivity index (χ4n) is 3.31. The van der Waals surface area contributed by atoms with E-state index in [1.165, 1.54) is 17.4 Å². The normalized spacial score (nSPS) is 15.8. The van der Waals surface area contributed by atoms with Crippen molar-refractivity contribution in [3.05, 3.63) is 42.5 Å². The van der Waals surface area contributed by atoms with Gasteiger partial charge in [-0.15, -0.1) is 11.3 Å². The van der Waals surface area contributed by atoms with Crippen LogP contribution in [-0.4, -0.2) is 11.9 Å². The Kier molecular flexibility index (Phi) is 7.39. The number of benzene rings is 1. The minimum Gasteiger partial charge on any atom is -0.425 e. The molecule has 1 fully saturated rings. The minimum absolute atomic E-state index is 0.0407. The molecule has 0 spiro atoms. The smallest absolute Gasteiger partial charge is 0.316 e. The Labute approximate surface area is 193 Å². The van der Waals surface area contributed by atoms with Gasteiger partial charge in [0.1, 0.15) is 5.02 Å². The SMILES string of the molecule is CC1(C(=O)Nc2ccc(OC(=O)Cc3scc(Cl)c3Cl)c(Cl)c2Cl)CCCCC1. The van der Waals surface area contributed by atoms with E-state index in [1.54, 1.807) is 11.4 Å². The molecule has 2 aromatic rings. The Morgan fingerprint density at radius 1 is 1.07 bits per heavy atom. The summed E-state index contributed by atoms with van der Waals surface area (Å²) in [5, 5.41) is 5.44. The number of halogens is 4. The van der Waals surface area contributed by atoms with Crippen LogP contribution in [0, 0.1) is 5.41 Å². The van der Waals surface area contributed by atoms with Crippen LogP contribution in [0.25, 0.3) is 0 Å². The molecule has 3 rings (SSSR count). The molecule has 1 N–H and O–H groups in total. The molecule has 1 aromatic heterocycles. The first-order chi connectivity index (χ1) is 13.7. The van der Waals surface area contributed by atoms with Crippen LogP contribution in [0.15, 0.2) is 17.5 Å². The zero-order valence-corrected chi connectivity index (χ0v) is 19.5. The number of amides is 1. The summed E-state index contributed by atoms with van der Waals surface area (Å²) >= 11 is 25.8. The second-order valence-corrected chi connectivity index (χ2v) is 9.79. The van der Waals surface area contributed by atoms with E-state index in [1.807, 2.05) is 6.92 Å². The molecule has 1 saturated carbocycles. The molecule has 1 aliphatic carbocycles. The molecule has 1 aliphatic rings. The van der Waals surface area contributed by atoms with Crippen LogP contribution in [0.3, 0.4) is 0 Å². The Morgan fingerprint density at radius 3 is 2.38 bits per heavy atom. The molecular formula is C20H19Cl4NO3S. The van der Waals surface area contributed by atoms with E-state index < -0.39 is 11.4 Å². The number of anilines is 1. The van der Waals surface area contributed by atoms with Gasteiger partial charge in [-0.3, -0.25) is 9.59 Å². The van der Waals surface area contributed by atoms with Crippen molar-refractivity contribution in [2.45, 2.75) is 45.4 Å². The summed E-state index contributed by atoms with van der Waals surface area (Å²) in [6, 6.07) is 3.09. The highest BCUT2D eigenvalue weighted by molar-refractivity contribution is 7.11. The van der Waals surface area contributed by atoms with Gasteiger partial charge in [-0.2, -0.15) is 0 Å². The van der Waals surface area contributed by atoms with Crippen LogP contribution in [0.5, 0.6) is 5.75 Å². The molecule has 4 nitrogen and oxygen atoms in total. The van der Waals surface area contributed by atoms with Gasteiger partial charge in [0.2, 0.25) is 5.91 Å². The Balaban J connectivity index is 1.69. The summed E-state index contributed by atoms with van der Waals surface area (Å²) in [7, 11) is 0. The standard InChI is InChI=1S/C20H19Cl4NO3S/c1-20(7-3-2-4-8-20)19(27)25-12-5-6-13(18(24)17(12)23)28-15(26)9-14-16(22)11(21)10-29-14/h5-6,10H,2-4,7-9H2,1H3,(H,25,27). The Bertz CT molecular complexity index is 938. The highest BCUT2D eigenvalue weighted by Crippen LogP contribution is 2.41. The van der Waals surface area contributed by atoms with Crippen molar-refractivity contribution in [3.63, 3.8) is 0 Å². The molecule has 0 unspecified atom stereocenters. The zero-order chi connectivity index (χ0) is 21.2. The first-order valence-corrected chi connectivity index (χ1v) is 11.5. The van der Waals surface area contributed by atoms with Gasteiger partial charge in [-0.1, -0.05) is 72.6 Å². The lowest BCUT2D eigenvalue weighted by Gasteiger charge is -2.32. The monoisotopic (exact) mass is 493 g/mol. The third-order valence-corrected chi connectivity index (χ3v) is 8.01. The molecule has 0 saturated heterocycles. The number of carbonyl (C=O) groups is 2. The average molecular weight is 495 g/mol. The van der Waals surface area contributed by atoms with E-state index in [0.717, 1.165) is 32.1 Å². The van der Waals surface area contributed by atoms with Crippen LogP contribution in [0.4, 0.5) is 5.69 Å². The number of ether oxygens (including phenoxy) is 1. The van der Waals surface area contributed by atoms with Crippen LogP contribution in [0.2, 0.25) is 20.1 Å². The number of rotatable bonds is 5. The van der Waals surface area contributed by atoms with Crippen molar-refractivity contribution < 1.29 is 14.3 Å². The highest BCUT2D eigenvalue weighted by Gasteiger charge is 2.35. The van der Waals surface area contributed by atoms with Crippen molar-refractivity contribution >= 4 is 75.3 Å². The summed E-state index contributed by atoms with van der Waals surface area (Å²) in [6.07, 6.45) is 4.86. The quantitative estimate of drug-likeness (QED) is 0.347. The second-order valence-electron chi connectivity index (χ2n) is 7.29. The fourth-order valence-corrected chi connectivity index (χ4v) is 5.12. The number of hydrogen-bond donors (Lipinski definition) is 1. The van der Waals surface area contributed by atoms with E-state index in [2.05, 4.69) is 5.32 Å². The Morgan fingerprint density at radius 2 is 1.76 bits per heavy atom. The first kappa shape index (κ1) is 22.7. The Hall–Kier alpha value is -0.980. The van der Waals surface area contributed by atoms with E-state index in [-0.39, 0.29) is 28.1 Å². The lowest BCUT2D eigenvalue weighted by atomic mass is 9.75. The van der Waals surface area contributed by atoms with E-state index in [4.69, 9.17) is 51.1 Å². The van der Waals surface area contributed by atoms with Crippen molar-refractivity contribution in [1.29, 1.82) is 0 Å². The lowest BCUT2D eigenvalue weighted by molar-refractivity contribution is -0.133. The average Bonchev–Trinajstić information content (AvgIpc) is 3.00. The van der Waals surface area contributed by atoms with Crippen LogP contribution >= 0.6 is 57.7 Å². The van der Waals surface area contributed by atoms with Crippen molar-refractivity contribution in [1.82, 2.24) is 0 Å². The number of hydrogen-bond acceptors (Lipinski definition) is 4. The van der Waals surface area contributed by atoms with Gasteiger partial charge in [-0.05, 0) is 25.0 Å². The summed E-state index contributed by atoms with van der Waals surface area (Å²) in [4.78, 5) is 25.6. The fraction of sp³-hybridized carbons (Fsp3) is 0.400. The van der Waals surface area contributed by atoms with Crippen LogP contribution in [-0.2, 0) is 16.0 Å². The lowest BCUT2D eigenvalue weighted by Crippen LogP contribution is -2.35. The molecule has 0 bridgehead atoms. The van der Waals surface area contributed by atoms with Crippen molar-refractivity contribution in [2.75, 3.05) is 5.32 Å². The molecule has 9 heteroatoms. The third kappa shape index (κ3) is 5.20. The maximum Gasteiger partial charge on any atom is 0.316 e. The minimum atomic E-state index is -0.546. The first-order valence-electron chi connectivity index (χ1n) is 9.13. The number of nitrogens with one attached hydrogen (secondary N) is 1. The van der Waals surface area contributed by atoms with Gasteiger partial charge >= 0.3 is 5.97 Å². The highest BCUT2D eigenvalue weighted by atomic mass is 35.5. The number of thiophene rings is 1. The molecule has 1 amide bonds. The molecule has 29 heavy (non-hydrogen) atoms. The molecule has 0 aliphatic heterocycles. The molecule has 1 heterocycles. The molecule has 0 atom stereocenters. The van der Waals surface area contributed by atoms with Gasteiger partial charge in [0.05, 0.1) is 27.2 Å². The number of carbonyl (C=O) groups excluding carboxylic acids is 2. The second kappa shape index (κ2) is 9.44. The van der Waals surface area contributed by atoms with E-state index in [0.29, 0.717) is 20.6 Å². The number of esters is 1. The maximum atomic E-state index is 12.7. The molecule has 1 aromatic carbocycles. The maximum absolute atomic E-state index is 12.7. The molecule has 0 radical (unpaired) electrons. The predicted molar refractivity (Wildman–Crippen MR) is 120 cm³/mol. The van der Waals surface area contributed by atoms with E-state index >= 15 is 0 Å². The van der Waals surface area contributed by atoms with Crippen molar-refractivity contribution in [2.24, 2.45) is 5.41 Å². The topological polar surface area (TPSA) is 55.4 Å². The predicted octanol–water partition coefficient (Wildman–Crippen LogP) is 7.42. The van der Waals surface area contributed by atoms with Gasteiger partial charge < -0.3 is 10.1 Å². The van der Waals surface area contributed by atoms with E-state index in [9.17, 15) is 9.59 Å². The summed E-state index contributed by atoms with van der Waals surface area (Å²) in [5.74, 6) is -0.513. The third-order valence-electron chi connectivity index (χ3n) is 5.09. The summed E-state index contributed by atoms with van der Waals surface area (Å²) < 4.78 is 5.33. The summed E-state index contributed by atoms with van der Waals surface area (Å²) in [5.41, 5.74) is -0.0261. The molecular weight excluding hydrogens is 476 g/mol. The summed E-state index contributed by atoms with van der Waals surface area (Å²) in [6.45, 7) is 1.97. The van der Waals surface area contributed by atoms with Gasteiger partial charge in [0.25, 0.3) is 0 Å². The van der Waals surface area contributed by atoms with Crippen LogP contribution in [0.1, 0.15) is 43.9 Å². The zero-order valence-electron chi connectivity index (χ0n) is 15.6. The van der Waals surface area contributed by atoms with Gasteiger partial charge in [0.15, 0.2) is 5.75 Å².